The van der Waals surface area contributed by atoms with Crippen LogP contribution in [0.2, 0.25) is 18.6 Å². The first-order valence-electron chi connectivity index (χ1n) is 9.39. The maximum absolute atomic E-state index is 2.98. The second kappa shape index (κ2) is 12.9. The van der Waals surface area contributed by atoms with Crippen molar-refractivity contribution in [3.8, 4) is 0 Å². The Labute approximate surface area is 130 Å². The fraction of sp³-hybridized carbons (Fsp3) is 1.00. The fourth-order valence-electron chi connectivity index (χ4n) is 3.10. The molecule has 0 saturated carbocycles. The van der Waals surface area contributed by atoms with E-state index in [1.165, 1.54) is 83.0 Å². The summed E-state index contributed by atoms with van der Waals surface area (Å²) in [5, 5.41) is 0. The Morgan fingerprint density at radius 2 is 1.05 bits per heavy atom. The molecule has 0 saturated heterocycles. The first kappa shape index (κ1) is 20.2. The molecule has 0 radical (unpaired) electrons. The van der Waals surface area contributed by atoms with Gasteiger partial charge in [0.25, 0.3) is 0 Å². The first-order valence-corrected chi connectivity index (χ1v) is 12.3. The highest BCUT2D eigenvalue weighted by molar-refractivity contribution is 6.76. The molecule has 20 heavy (non-hydrogen) atoms. The minimum Gasteiger partial charge on any atom is -0.323 e. The zero-order valence-electron chi connectivity index (χ0n) is 15.1. The molecule has 0 aliphatic rings. The Bertz CT molecular complexity index is 200. The van der Waals surface area contributed by atoms with Crippen molar-refractivity contribution in [3.05, 3.63) is 0 Å². The average Bonchev–Trinajstić information content (AvgIpc) is 2.45. The van der Waals surface area contributed by atoms with Gasteiger partial charge in [0.1, 0.15) is 8.24 Å². The standard InChI is InChI=1S/C18H41NSi/c1-6-10-14-18-20(5,17-13-9-4)19(15-11-7-2)16-12-8-3/h6-18H2,1-5H3. The molecule has 0 aromatic heterocycles. The van der Waals surface area contributed by atoms with Gasteiger partial charge >= 0.3 is 0 Å². The van der Waals surface area contributed by atoms with Crippen molar-refractivity contribution in [3.63, 3.8) is 0 Å². The van der Waals surface area contributed by atoms with Crippen molar-refractivity contribution < 1.29 is 0 Å². The second-order valence-corrected chi connectivity index (χ2v) is 11.4. The third-order valence-corrected chi connectivity index (χ3v) is 9.55. The normalized spacial score (nSPS) is 14.7. The molecular weight excluding hydrogens is 258 g/mol. The van der Waals surface area contributed by atoms with Crippen LogP contribution in [-0.2, 0) is 0 Å². The van der Waals surface area contributed by atoms with E-state index in [1.807, 2.05) is 0 Å². The number of nitrogens with zero attached hydrogens (tertiary/aromatic N) is 1. The van der Waals surface area contributed by atoms with Crippen molar-refractivity contribution in [1.29, 1.82) is 0 Å². The van der Waals surface area contributed by atoms with E-state index in [0.29, 0.717) is 0 Å². The summed E-state index contributed by atoms with van der Waals surface area (Å²) in [5.74, 6) is 0. The Hall–Kier alpha value is 0.177. The van der Waals surface area contributed by atoms with E-state index in [-0.39, 0.29) is 0 Å². The monoisotopic (exact) mass is 299 g/mol. The predicted molar refractivity (Wildman–Crippen MR) is 97.1 cm³/mol. The maximum atomic E-state index is 2.98. The van der Waals surface area contributed by atoms with E-state index in [1.54, 1.807) is 0 Å². The van der Waals surface area contributed by atoms with Crippen LogP contribution in [0, 0.1) is 0 Å². The molecule has 0 N–H and O–H groups in total. The highest BCUT2D eigenvalue weighted by Crippen LogP contribution is 2.27. The summed E-state index contributed by atoms with van der Waals surface area (Å²) < 4.78 is 2.98. The number of rotatable bonds is 14. The molecular formula is C18H41NSi. The van der Waals surface area contributed by atoms with Crippen molar-refractivity contribution in [2.75, 3.05) is 13.1 Å². The van der Waals surface area contributed by atoms with Gasteiger partial charge in [0.05, 0.1) is 0 Å². The van der Waals surface area contributed by atoms with E-state index in [2.05, 4.69) is 38.8 Å². The molecule has 0 aliphatic heterocycles. The van der Waals surface area contributed by atoms with Gasteiger partial charge in [0, 0.05) is 0 Å². The highest BCUT2D eigenvalue weighted by Gasteiger charge is 2.32. The predicted octanol–water partition coefficient (Wildman–Crippen LogP) is 6.45. The van der Waals surface area contributed by atoms with Crippen LogP contribution >= 0.6 is 0 Å². The molecule has 1 nitrogen and oxygen atoms in total. The molecule has 1 unspecified atom stereocenters. The van der Waals surface area contributed by atoms with Gasteiger partial charge in [-0.05, 0) is 38.0 Å². The van der Waals surface area contributed by atoms with Gasteiger partial charge in [-0.25, -0.2) is 0 Å². The van der Waals surface area contributed by atoms with Crippen LogP contribution in [0.5, 0.6) is 0 Å². The fourth-order valence-corrected chi connectivity index (χ4v) is 7.51. The van der Waals surface area contributed by atoms with E-state index in [9.17, 15) is 0 Å². The molecule has 0 fully saturated rings. The van der Waals surface area contributed by atoms with Crippen LogP contribution in [0.4, 0.5) is 0 Å². The van der Waals surface area contributed by atoms with Crippen LogP contribution in [-0.4, -0.2) is 25.9 Å². The molecule has 0 heterocycles. The Balaban J connectivity index is 4.65. The molecule has 0 aliphatic carbocycles. The van der Waals surface area contributed by atoms with Gasteiger partial charge in [-0.15, -0.1) is 0 Å². The minimum absolute atomic E-state index is 1.18. The highest BCUT2D eigenvalue weighted by atomic mass is 28.3. The van der Waals surface area contributed by atoms with Crippen molar-refractivity contribution in [1.82, 2.24) is 4.57 Å². The van der Waals surface area contributed by atoms with Gasteiger partial charge in [0.2, 0.25) is 0 Å². The van der Waals surface area contributed by atoms with Crippen molar-refractivity contribution in [2.24, 2.45) is 0 Å². The number of unbranched alkanes of at least 4 members (excludes halogenated alkanes) is 5. The lowest BCUT2D eigenvalue weighted by atomic mass is 10.3. The molecule has 122 valence electrons. The third kappa shape index (κ3) is 8.46. The second-order valence-electron chi connectivity index (χ2n) is 6.75. The lowest BCUT2D eigenvalue weighted by Crippen LogP contribution is -2.51. The summed E-state index contributed by atoms with van der Waals surface area (Å²) >= 11 is 0. The van der Waals surface area contributed by atoms with Gasteiger partial charge in [-0.1, -0.05) is 79.2 Å². The number of hydrogen-bond acceptors (Lipinski definition) is 1. The maximum Gasteiger partial charge on any atom is 0.125 e. The summed E-state index contributed by atoms with van der Waals surface area (Å²) in [6.07, 6.45) is 12.6. The summed E-state index contributed by atoms with van der Waals surface area (Å²) in [6.45, 7) is 14.8. The lowest BCUT2D eigenvalue weighted by Gasteiger charge is -2.40. The Kier molecular flexibility index (Phi) is 13.0. The summed E-state index contributed by atoms with van der Waals surface area (Å²) in [7, 11) is -1.18. The molecule has 0 spiro atoms. The minimum atomic E-state index is -1.18. The van der Waals surface area contributed by atoms with E-state index in [0.717, 1.165) is 0 Å². The zero-order chi connectivity index (χ0) is 15.3. The molecule has 1 atom stereocenters. The topological polar surface area (TPSA) is 3.24 Å². The molecule has 0 rings (SSSR count). The van der Waals surface area contributed by atoms with Crippen LogP contribution in [0.3, 0.4) is 0 Å². The third-order valence-electron chi connectivity index (χ3n) is 4.71. The summed E-state index contributed by atoms with van der Waals surface area (Å²) in [5.41, 5.74) is 0. The molecule has 0 aromatic rings. The van der Waals surface area contributed by atoms with E-state index >= 15 is 0 Å². The first-order chi connectivity index (χ1) is 9.64. The largest absolute Gasteiger partial charge is 0.323 e. The Morgan fingerprint density at radius 3 is 1.50 bits per heavy atom. The van der Waals surface area contributed by atoms with E-state index in [4.69, 9.17) is 0 Å². The quantitative estimate of drug-likeness (QED) is 0.263. The van der Waals surface area contributed by atoms with Gasteiger partial charge < -0.3 is 4.57 Å². The zero-order valence-corrected chi connectivity index (χ0v) is 16.1. The summed E-state index contributed by atoms with van der Waals surface area (Å²) in [4.78, 5) is 0. The van der Waals surface area contributed by atoms with Crippen molar-refractivity contribution >= 4 is 8.24 Å². The van der Waals surface area contributed by atoms with E-state index < -0.39 is 8.24 Å². The molecule has 2 heteroatoms. The van der Waals surface area contributed by atoms with Crippen LogP contribution in [0.25, 0.3) is 0 Å². The van der Waals surface area contributed by atoms with Crippen molar-refractivity contribution in [2.45, 2.75) is 104 Å². The van der Waals surface area contributed by atoms with Gasteiger partial charge in [-0.2, -0.15) is 0 Å². The average molecular weight is 300 g/mol. The number of hydrogen-bond donors (Lipinski definition) is 0. The smallest absolute Gasteiger partial charge is 0.125 e. The van der Waals surface area contributed by atoms with Crippen LogP contribution in [0.15, 0.2) is 0 Å². The van der Waals surface area contributed by atoms with Crippen LogP contribution < -0.4 is 0 Å². The Morgan fingerprint density at radius 1 is 0.600 bits per heavy atom. The van der Waals surface area contributed by atoms with Gasteiger partial charge in [0.15, 0.2) is 0 Å². The van der Waals surface area contributed by atoms with Gasteiger partial charge in [-0.3, -0.25) is 0 Å². The molecule has 0 amide bonds. The summed E-state index contributed by atoms with van der Waals surface area (Å²) in [6, 6.07) is 3.06. The SMILES string of the molecule is CCCCC[Si](C)(CCCC)N(CCCC)CCCC. The lowest BCUT2D eigenvalue weighted by molar-refractivity contribution is 0.391. The van der Waals surface area contributed by atoms with Crippen LogP contribution in [0.1, 0.15) is 85.5 Å². The molecule has 0 bridgehead atoms. The molecule has 0 aromatic carbocycles.